The van der Waals surface area contributed by atoms with E-state index >= 15 is 0 Å². The van der Waals surface area contributed by atoms with Crippen LogP contribution in [0.4, 0.5) is 0 Å². The average Bonchev–Trinajstić information content (AvgIpc) is 3.34. The predicted molar refractivity (Wildman–Crippen MR) is 110 cm³/mol. The monoisotopic (exact) mass is 370 g/mol. The third-order valence-electron chi connectivity index (χ3n) is 4.72. The number of hydrogen-bond donors (Lipinski definition) is 1. The van der Waals surface area contributed by atoms with Gasteiger partial charge in [-0.2, -0.15) is 5.10 Å². The zero-order valence-corrected chi connectivity index (χ0v) is 16.0. The summed E-state index contributed by atoms with van der Waals surface area (Å²) in [6.45, 7) is 2.51. The Morgan fingerprint density at radius 3 is 2.43 bits per heavy atom. The van der Waals surface area contributed by atoms with Gasteiger partial charge in [-0.15, -0.1) is 0 Å². The van der Waals surface area contributed by atoms with E-state index in [0.29, 0.717) is 12.2 Å². The first-order valence-corrected chi connectivity index (χ1v) is 9.23. The SMILES string of the molecule is Cc1ccc(-n2nc(-c3cccn3C)cc2C(=O)NCc2ccccc2)cc1. The largest absolute Gasteiger partial charge is 0.349 e. The summed E-state index contributed by atoms with van der Waals surface area (Å²) in [7, 11) is 1.97. The summed E-state index contributed by atoms with van der Waals surface area (Å²) in [4.78, 5) is 13.0. The molecule has 0 radical (unpaired) electrons. The number of hydrogen-bond acceptors (Lipinski definition) is 2. The molecule has 0 bridgehead atoms. The van der Waals surface area contributed by atoms with Crippen LogP contribution in [0.2, 0.25) is 0 Å². The van der Waals surface area contributed by atoms with Crippen molar-refractivity contribution in [1.82, 2.24) is 19.7 Å². The van der Waals surface area contributed by atoms with Crippen LogP contribution in [0.25, 0.3) is 17.1 Å². The Labute approximate surface area is 164 Å². The topological polar surface area (TPSA) is 51.9 Å². The minimum Gasteiger partial charge on any atom is -0.349 e. The molecule has 2 aromatic carbocycles. The molecule has 0 aliphatic heterocycles. The van der Waals surface area contributed by atoms with Crippen molar-refractivity contribution in [1.29, 1.82) is 0 Å². The highest BCUT2D eigenvalue weighted by molar-refractivity contribution is 5.94. The highest BCUT2D eigenvalue weighted by Crippen LogP contribution is 2.22. The molecule has 4 aromatic rings. The Kier molecular flexibility index (Phi) is 4.81. The molecular weight excluding hydrogens is 348 g/mol. The van der Waals surface area contributed by atoms with Gasteiger partial charge in [-0.05, 0) is 42.8 Å². The average molecular weight is 370 g/mol. The van der Waals surface area contributed by atoms with Crippen molar-refractivity contribution in [2.45, 2.75) is 13.5 Å². The Morgan fingerprint density at radius 1 is 1.00 bits per heavy atom. The first kappa shape index (κ1) is 17.8. The molecule has 2 heterocycles. The van der Waals surface area contributed by atoms with Gasteiger partial charge in [0.05, 0.1) is 11.4 Å². The fourth-order valence-electron chi connectivity index (χ4n) is 3.15. The molecule has 0 saturated heterocycles. The van der Waals surface area contributed by atoms with Crippen LogP contribution in [0, 0.1) is 6.92 Å². The summed E-state index contributed by atoms with van der Waals surface area (Å²) in [5.74, 6) is -0.155. The molecule has 140 valence electrons. The van der Waals surface area contributed by atoms with E-state index in [2.05, 4.69) is 5.32 Å². The van der Waals surface area contributed by atoms with Crippen LogP contribution in [0.5, 0.6) is 0 Å². The van der Waals surface area contributed by atoms with Crippen LogP contribution < -0.4 is 5.32 Å². The number of nitrogens with zero attached hydrogens (tertiary/aromatic N) is 3. The van der Waals surface area contributed by atoms with E-state index in [0.717, 1.165) is 28.2 Å². The van der Waals surface area contributed by atoms with Gasteiger partial charge in [0.2, 0.25) is 0 Å². The lowest BCUT2D eigenvalue weighted by atomic mass is 10.2. The van der Waals surface area contributed by atoms with E-state index in [9.17, 15) is 4.79 Å². The van der Waals surface area contributed by atoms with Gasteiger partial charge in [-0.1, -0.05) is 48.0 Å². The molecule has 28 heavy (non-hydrogen) atoms. The Morgan fingerprint density at radius 2 is 1.75 bits per heavy atom. The first-order chi connectivity index (χ1) is 13.6. The van der Waals surface area contributed by atoms with Crippen molar-refractivity contribution in [3.63, 3.8) is 0 Å². The van der Waals surface area contributed by atoms with E-state index in [1.54, 1.807) is 4.68 Å². The van der Waals surface area contributed by atoms with Gasteiger partial charge in [0, 0.05) is 19.8 Å². The van der Waals surface area contributed by atoms with Crippen molar-refractivity contribution in [3.8, 4) is 17.1 Å². The summed E-state index contributed by atoms with van der Waals surface area (Å²) in [5, 5.41) is 7.73. The normalized spacial score (nSPS) is 10.8. The Bertz CT molecular complexity index is 1090. The minimum atomic E-state index is -0.155. The number of rotatable bonds is 5. The van der Waals surface area contributed by atoms with Gasteiger partial charge in [0.25, 0.3) is 5.91 Å². The smallest absolute Gasteiger partial charge is 0.270 e. The number of aromatic nitrogens is 3. The van der Waals surface area contributed by atoms with Crippen LogP contribution in [0.3, 0.4) is 0 Å². The highest BCUT2D eigenvalue weighted by atomic mass is 16.2. The maximum absolute atomic E-state index is 13.0. The second kappa shape index (κ2) is 7.56. The molecule has 1 N–H and O–H groups in total. The third-order valence-corrected chi connectivity index (χ3v) is 4.72. The maximum Gasteiger partial charge on any atom is 0.270 e. The van der Waals surface area contributed by atoms with Crippen LogP contribution in [-0.4, -0.2) is 20.3 Å². The lowest BCUT2D eigenvalue weighted by Gasteiger charge is -2.09. The third kappa shape index (κ3) is 3.60. The molecule has 0 aliphatic rings. The standard InChI is InChI=1S/C23H22N4O/c1-17-10-12-19(13-11-17)27-22(15-20(25-27)21-9-6-14-26(21)2)23(28)24-16-18-7-4-3-5-8-18/h3-15H,16H2,1-2H3,(H,24,28). The molecule has 0 atom stereocenters. The minimum absolute atomic E-state index is 0.155. The van der Waals surface area contributed by atoms with E-state index in [4.69, 9.17) is 5.10 Å². The number of benzene rings is 2. The maximum atomic E-state index is 13.0. The first-order valence-electron chi connectivity index (χ1n) is 9.23. The molecule has 4 rings (SSSR count). The Balaban J connectivity index is 1.69. The molecule has 0 fully saturated rings. The molecule has 0 saturated carbocycles. The van der Waals surface area contributed by atoms with Crippen molar-refractivity contribution >= 4 is 5.91 Å². The van der Waals surface area contributed by atoms with Gasteiger partial charge in [-0.3, -0.25) is 4.79 Å². The zero-order valence-electron chi connectivity index (χ0n) is 16.0. The van der Waals surface area contributed by atoms with Crippen LogP contribution in [0.1, 0.15) is 21.6 Å². The van der Waals surface area contributed by atoms with Crippen molar-refractivity contribution in [2.24, 2.45) is 7.05 Å². The van der Waals surface area contributed by atoms with Gasteiger partial charge >= 0.3 is 0 Å². The van der Waals surface area contributed by atoms with Gasteiger partial charge < -0.3 is 9.88 Å². The van der Waals surface area contributed by atoms with E-state index in [1.165, 1.54) is 0 Å². The van der Waals surface area contributed by atoms with Gasteiger partial charge in [0.1, 0.15) is 11.4 Å². The molecule has 2 aromatic heterocycles. The number of carbonyl (C=O) groups excluding carboxylic acids is 1. The van der Waals surface area contributed by atoms with Crippen molar-refractivity contribution in [3.05, 3.63) is 95.8 Å². The number of aryl methyl sites for hydroxylation is 2. The predicted octanol–water partition coefficient (Wildman–Crippen LogP) is 4.12. The van der Waals surface area contributed by atoms with Crippen LogP contribution in [-0.2, 0) is 13.6 Å². The van der Waals surface area contributed by atoms with E-state index < -0.39 is 0 Å². The molecular formula is C23H22N4O. The number of nitrogens with one attached hydrogen (secondary N) is 1. The molecule has 0 aliphatic carbocycles. The summed E-state index contributed by atoms with van der Waals surface area (Å²) in [5.41, 5.74) is 5.31. The van der Waals surface area contributed by atoms with Gasteiger partial charge in [-0.25, -0.2) is 4.68 Å². The number of carbonyl (C=O) groups is 1. The fraction of sp³-hybridized carbons (Fsp3) is 0.130. The molecule has 5 heteroatoms. The molecule has 1 amide bonds. The highest BCUT2D eigenvalue weighted by Gasteiger charge is 2.18. The second-order valence-corrected chi connectivity index (χ2v) is 6.83. The van der Waals surface area contributed by atoms with E-state index in [-0.39, 0.29) is 5.91 Å². The zero-order chi connectivity index (χ0) is 19.5. The van der Waals surface area contributed by atoms with Crippen molar-refractivity contribution < 1.29 is 4.79 Å². The molecule has 5 nitrogen and oxygen atoms in total. The quantitative estimate of drug-likeness (QED) is 0.575. The summed E-state index contributed by atoms with van der Waals surface area (Å²) in [6, 6.07) is 23.7. The van der Waals surface area contributed by atoms with Crippen molar-refractivity contribution in [2.75, 3.05) is 0 Å². The summed E-state index contributed by atoms with van der Waals surface area (Å²) in [6.07, 6.45) is 1.97. The number of amides is 1. The fourth-order valence-corrected chi connectivity index (χ4v) is 3.15. The molecule has 0 unspecified atom stereocenters. The molecule has 0 spiro atoms. The summed E-state index contributed by atoms with van der Waals surface area (Å²) >= 11 is 0. The van der Waals surface area contributed by atoms with E-state index in [1.807, 2.05) is 97.5 Å². The summed E-state index contributed by atoms with van der Waals surface area (Å²) < 4.78 is 3.70. The van der Waals surface area contributed by atoms with Crippen LogP contribution in [0.15, 0.2) is 79.0 Å². The van der Waals surface area contributed by atoms with Gasteiger partial charge in [0.15, 0.2) is 0 Å². The second-order valence-electron chi connectivity index (χ2n) is 6.83. The Hall–Kier alpha value is -3.60. The lowest BCUT2D eigenvalue weighted by molar-refractivity contribution is 0.0943. The van der Waals surface area contributed by atoms with Crippen LogP contribution >= 0.6 is 0 Å². The lowest BCUT2D eigenvalue weighted by Crippen LogP contribution is -2.25.